The molecule has 0 bridgehead atoms. The average molecular weight is 419 g/mol. The summed E-state index contributed by atoms with van der Waals surface area (Å²) in [6.07, 6.45) is 11.0. The Balaban J connectivity index is 1.71. The molecule has 1 aromatic rings. The molecule has 0 aromatic heterocycles. The maximum Gasteiger partial charge on any atom is 0.144 e. The molecule has 0 unspecified atom stereocenters. The molecule has 1 N–H and O–H groups in total. The molecule has 5 heteroatoms. The predicted molar refractivity (Wildman–Crippen MR) is 121 cm³/mol. The lowest BCUT2D eigenvalue weighted by atomic mass is 9.90. The highest BCUT2D eigenvalue weighted by atomic mass is 35.5. The number of oxime groups is 1. The number of benzene rings is 1. The molecule has 3 rings (SSSR count). The van der Waals surface area contributed by atoms with Crippen LogP contribution in [0.3, 0.4) is 0 Å². The van der Waals surface area contributed by atoms with Gasteiger partial charge in [-0.1, -0.05) is 48.7 Å². The third-order valence-electron chi connectivity index (χ3n) is 5.91. The summed E-state index contributed by atoms with van der Waals surface area (Å²) in [6, 6.07) is 7.95. The van der Waals surface area contributed by atoms with Gasteiger partial charge in [-0.15, -0.1) is 0 Å². The number of β-amino-alcohol motifs (C(OH)–C–C–N with tert-alkyl or cyclic N) is 1. The topological polar surface area (TPSA) is 45.1 Å². The fourth-order valence-electron chi connectivity index (χ4n) is 4.41. The molecule has 1 aromatic carbocycles. The highest BCUT2D eigenvalue weighted by Crippen LogP contribution is 2.30. The van der Waals surface area contributed by atoms with Gasteiger partial charge in [-0.05, 0) is 81.0 Å². The van der Waals surface area contributed by atoms with Gasteiger partial charge in [-0.3, -0.25) is 0 Å². The fraction of sp³-hybridized carbons (Fsp3) is 0.625. The zero-order valence-electron chi connectivity index (χ0n) is 17.7. The number of aliphatic hydroxyl groups is 1. The van der Waals surface area contributed by atoms with Crippen molar-refractivity contribution in [1.29, 1.82) is 0 Å². The predicted octanol–water partition coefficient (Wildman–Crippen LogP) is 5.54. The van der Waals surface area contributed by atoms with E-state index in [4.69, 9.17) is 16.4 Å². The first kappa shape index (κ1) is 22.3. The third kappa shape index (κ3) is 7.13. The first-order valence-electron chi connectivity index (χ1n) is 11.2. The fourth-order valence-corrected chi connectivity index (χ4v) is 4.54. The summed E-state index contributed by atoms with van der Waals surface area (Å²) in [5.74, 6) is 0.428. The van der Waals surface area contributed by atoms with Crippen molar-refractivity contribution in [1.82, 2.24) is 4.90 Å². The van der Waals surface area contributed by atoms with Crippen LogP contribution in [0.5, 0.6) is 0 Å². The van der Waals surface area contributed by atoms with Crippen LogP contribution in [-0.4, -0.2) is 48.1 Å². The van der Waals surface area contributed by atoms with E-state index in [2.05, 4.69) is 23.1 Å². The Morgan fingerprint density at radius 3 is 2.69 bits per heavy atom. The Morgan fingerprint density at radius 2 is 1.97 bits per heavy atom. The van der Waals surface area contributed by atoms with E-state index in [0.717, 1.165) is 55.1 Å². The van der Waals surface area contributed by atoms with Crippen LogP contribution in [0.25, 0.3) is 6.08 Å². The molecule has 2 aliphatic rings. The maximum absolute atomic E-state index is 10.3. The van der Waals surface area contributed by atoms with E-state index in [1.54, 1.807) is 0 Å². The number of hydrogen-bond donors (Lipinski definition) is 1. The van der Waals surface area contributed by atoms with Crippen molar-refractivity contribution in [2.75, 3.05) is 26.2 Å². The standard InChI is InChI=1S/C24H35ClN2O2/c1-2-7-20-8-3-4-9-21(16-19-10-12-22(25)13-11-19)24(20)26-29-18-23(28)17-27-14-5-6-15-27/h10-13,16,20,23,28H,2-9,14-15,17-18H2,1H3/b21-16+,26-24?/t20-,23+/m1/s1. The van der Waals surface area contributed by atoms with Gasteiger partial charge in [0, 0.05) is 17.5 Å². The lowest BCUT2D eigenvalue weighted by Gasteiger charge is -2.20. The summed E-state index contributed by atoms with van der Waals surface area (Å²) in [7, 11) is 0. The molecule has 1 aliphatic heterocycles. The summed E-state index contributed by atoms with van der Waals surface area (Å²) >= 11 is 6.04. The second kappa shape index (κ2) is 11.7. The maximum atomic E-state index is 10.3. The third-order valence-corrected chi connectivity index (χ3v) is 6.16. The number of rotatable bonds is 8. The normalized spacial score (nSPS) is 24.7. The van der Waals surface area contributed by atoms with Gasteiger partial charge in [0.15, 0.2) is 0 Å². The second-order valence-electron chi connectivity index (χ2n) is 8.39. The van der Waals surface area contributed by atoms with E-state index in [-0.39, 0.29) is 6.61 Å². The van der Waals surface area contributed by atoms with Gasteiger partial charge < -0.3 is 14.8 Å². The quantitative estimate of drug-likeness (QED) is 0.445. The Labute approximate surface area is 180 Å². The lowest BCUT2D eigenvalue weighted by Crippen LogP contribution is -2.32. The number of aliphatic hydroxyl groups excluding tert-OH is 1. The summed E-state index contributed by atoms with van der Waals surface area (Å²) in [6.45, 7) is 5.33. The van der Waals surface area contributed by atoms with E-state index in [1.807, 2.05) is 24.3 Å². The first-order valence-corrected chi connectivity index (χ1v) is 11.6. The van der Waals surface area contributed by atoms with Crippen molar-refractivity contribution in [3.63, 3.8) is 0 Å². The summed E-state index contributed by atoms with van der Waals surface area (Å²) < 4.78 is 0. The van der Waals surface area contributed by atoms with Crippen LogP contribution in [0.2, 0.25) is 5.02 Å². The molecule has 160 valence electrons. The van der Waals surface area contributed by atoms with E-state index in [0.29, 0.717) is 12.5 Å². The molecule has 29 heavy (non-hydrogen) atoms. The molecule has 1 saturated carbocycles. The van der Waals surface area contributed by atoms with Crippen molar-refractivity contribution in [3.05, 3.63) is 40.4 Å². The van der Waals surface area contributed by atoms with Gasteiger partial charge in [0.05, 0.1) is 5.71 Å². The van der Waals surface area contributed by atoms with Crippen LogP contribution in [-0.2, 0) is 4.84 Å². The van der Waals surface area contributed by atoms with Crippen molar-refractivity contribution in [2.45, 2.75) is 64.4 Å². The minimum Gasteiger partial charge on any atom is -0.393 e. The first-order chi connectivity index (χ1) is 14.2. The van der Waals surface area contributed by atoms with Crippen molar-refractivity contribution >= 4 is 23.4 Å². The summed E-state index contributed by atoms with van der Waals surface area (Å²) in [4.78, 5) is 8.02. The number of nitrogens with zero attached hydrogens (tertiary/aromatic N) is 2. The number of hydrogen-bond acceptors (Lipinski definition) is 4. The van der Waals surface area contributed by atoms with Gasteiger partial charge >= 0.3 is 0 Å². The van der Waals surface area contributed by atoms with Crippen LogP contribution in [0.15, 0.2) is 35.0 Å². The highest BCUT2D eigenvalue weighted by molar-refractivity contribution is 6.30. The SMILES string of the molecule is CCC[C@@H]1CCCC/C(=C\c2ccc(Cl)cc2)C1=NOC[C@@H](O)CN1CCCC1. The van der Waals surface area contributed by atoms with Gasteiger partial charge in [-0.2, -0.15) is 0 Å². The molecule has 0 amide bonds. The Hall–Kier alpha value is -1.36. The van der Waals surface area contributed by atoms with Gasteiger partial charge in [0.25, 0.3) is 0 Å². The number of likely N-dealkylation sites (tertiary alicyclic amines) is 1. The van der Waals surface area contributed by atoms with Crippen LogP contribution in [0, 0.1) is 5.92 Å². The molecular weight excluding hydrogens is 384 g/mol. The summed E-state index contributed by atoms with van der Waals surface area (Å²) in [5.41, 5.74) is 3.48. The second-order valence-corrected chi connectivity index (χ2v) is 8.82. The summed E-state index contributed by atoms with van der Waals surface area (Å²) in [5, 5.41) is 15.7. The zero-order chi connectivity index (χ0) is 20.5. The number of halogens is 1. The molecule has 1 heterocycles. The molecule has 0 radical (unpaired) electrons. The number of allylic oxidation sites excluding steroid dienone is 1. The van der Waals surface area contributed by atoms with Crippen LogP contribution in [0.1, 0.15) is 63.9 Å². The Morgan fingerprint density at radius 1 is 1.21 bits per heavy atom. The smallest absolute Gasteiger partial charge is 0.144 e. The molecule has 2 atom stereocenters. The van der Waals surface area contributed by atoms with E-state index >= 15 is 0 Å². The van der Waals surface area contributed by atoms with Gasteiger partial charge in [0.2, 0.25) is 0 Å². The van der Waals surface area contributed by atoms with Crippen molar-refractivity contribution in [2.24, 2.45) is 11.1 Å². The van der Waals surface area contributed by atoms with Crippen molar-refractivity contribution < 1.29 is 9.94 Å². The van der Waals surface area contributed by atoms with Crippen LogP contribution >= 0.6 is 11.6 Å². The van der Waals surface area contributed by atoms with E-state index in [9.17, 15) is 5.11 Å². The zero-order valence-corrected chi connectivity index (χ0v) is 18.4. The lowest BCUT2D eigenvalue weighted by molar-refractivity contribution is 0.0225. The minimum absolute atomic E-state index is 0.257. The molecule has 1 aliphatic carbocycles. The highest BCUT2D eigenvalue weighted by Gasteiger charge is 2.23. The monoisotopic (exact) mass is 418 g/mol. The minimum atomic E-state index is -0.489. The Kier molecular flexibility index (Phi) is 9.03. The van der Waals surface area contributed by atoms with Gasteiger partial charge in [0.1, 0.15) is 12.7 Å². The van der Waals surface area contributed by atoms with E-state index in [1.165, 1.54) is 31.3 Å². The largest absolute Gasteiger partial charge is 0.393 e. The molecule has 1 saturated heterocycles. The Bertz CT molecular complexity index is 681. The molecule has 2 fully saturated rings. The molecule has 0 spiro atoms. The molecular formula is C24H35ClN2O2. The van der Waals surface area contributed by atoms with E-state index < -0.39 is 6.10 Å². The van der Waals surface area contributed by atoms with Crippen molar-refractivity contribution in [3.8, 4) is 0 Å². The van der Waals surface area contributed by atoms with Crippen LogP contribution < -0.4 is 0 Å². The molecule has 4 nitrogen and oxygen atoms in total. The van der Waals surface area contributed by atoms with Gasteiger partial charge in [-0.25, -0.2) is 0 Å². The van der Waals surface area contributed by atoms with Crippen LogP contribution in [0.4, 0.5) is 0 Å². The average Bonchev–Trinajstić information content (AvgIpc) is 3.14.